The molecule has 0 amide bonds. The second-order valence-corrected chi connectivity index (χ2v) is 8.20. The van der Waals surface area contributed by atoms with Crippen molar-refractivity contribution in [1.29, 1.82) is 0 Å². The topological polar surface area (TPSA) is 90.6 Å². The second-order valence-electron chi connectivity index (χ2n) is 7.36. The van der Waals surface area contributed by atoms with Crippen molar-refractivity contribution in [3.05, 3.63) is 29.0 Å². The molecule has 0 spiro atoms. The fraction of sp³-hybridized carbons (Fsp3) is 0.632. The fourth-order valence-electron chi connectivity index (χ4n) is 3.14. The third-order valence-electron chi connectivity index (χ3n) is 4.81. The van der Waals surface area contributed by atoms with Gasteiger partial charge in [-0.05, 0) is 26.7 Å². The smallest absolute Gasteiger partial charge is 0.191 e. The maximum atomic E-state index is 10.7. The first-order valence-corrected chi connectivity index (χ1v) is 10.8. The maximum absolute atomic E-state index is 10.7. The first-order chi connectivity index (χ1) is 13.5. The number of rotatable bonds is 8. The highest BCUT2D eigenvalue weighted by molar-refractivity contribution is 7.13. The van der Waals surface area contributed by atoms with E-state index in [1.165, 1.54) is 12.8 Å². The maximum Gasteiger partial charge on any atom is 0.191 e. The molecule has 1 atom stereocenters. The van der Waals surface area contributed by atoms with E-state index in [1.807, 2.05) is 20.2 Å². The van der Waals surface area contributed by atoms with Crippen LogP contribution in [0.25, 0.3) is 0 Å². The summed E-state index contributed by atoms with van der Waals surface area (Å²) in [7, 11) is 1.84. The Morgan fingerprint density at radius 1 is 1.36 bits per heavy atom. The summed E-state index contributed by atoms with van der Waals surface area (Å²) in [5.74, 6) is 0.696. The molecule has 0 bridgehead atoms. The zero-order chi connectivity index (χ0) is 20.0. The van der Waals surface area contributed by atoms with Crippen molar-refractivity contribution in [3.63, 3.8) is 0 Å². The van der Waals surface area contributed by atoms with E-state index >= 15 is 0 Å². The van der Waals surface area contributed by atoms with Crippen LogP contribution in [0.3, 0.4) is 0 Å². The van der Waals surface area contributed by atoms with Gasteiger partial charge in [-0.25, -0.2) is 9.98 Å². The van der Waals surface area contributed by atoms with Crippen LogP contribution in [0.4, 0.5) is 5.13 Å². The highest BCUT2D eigenvalue weighted by Gasteiger charge is 2.24. The Morgan fingerprint density at radius 2 is 2.14 bits per heavy atom. The van der Waals surface area contributed by atoms with E-state index in [0.717, 1.165) is 49.0 Å². The van der Waals surface area contributed by atoms with Crippen LogP contribution < -0.4 is 15.5 Å². The minimum absolute atomic E-state index is 0.254. The van der Waals surface area contributed by atoms with Crippen LogP contribution in [0.5, 0.6) is 0 Å². The molecule has 1 aliphatic rings. The molecule has 154 valence electrons. The molecule has 1 saturated heterocycles. The number of aliphatic imine (C=N–C) groups is 1. The van der Waals surface area contributed by atoms with Gasteiger partial charge in [-0.2, -0.15) is 5.10 Å². The van der Waals surface area contributed by atoms with E-state index in [1.54, 1.807) is 29.1 Å². The van der Waals surface area contributed by atoms with Crippen molar-refractivity contribution in [2.75, 3.05) is 37.6 Å². The lowest BCUT2D eigenvalue weighted by Gasteiger charge is -2.20. The Balaban J connectivity index is 1.52. The summed E-state index contributed by atoms with van der Waals surface area (Å²) >= 11 is 1.73. The lowest BCUT2D eigenvalue weighted by Crippen LogP contribution is -2.39. The normalized spacial score (nSPS) is 17.0. The van der Waals surface area contributed by atoms with E-state index in [0.29, 0.717) is 5.96 Å². The quantitative estimate of drug-likeness (QED) is 0.455. The van der Waals surface area contributed by atoms with Crippen molar-refractivity contribution < 1.29 is 5.11 Å². The Kier molecular flexibility index (Phi) is 6.90. The van der Waals surface area contributed by atoms with Crippen LogP contribution >= 0.6 is 11.3 Å². The molecule has 1 fully saturated rings. The largest absolute Gasteiger partial charge is 0.383 e. The van der Waals surface area contributed by atoms with Gasteiger partial charge in [0.15, 0.2) is 11.1 Å². The molecule has 0 saturated carbocycles. The Hall–Kier alpha value is -2.13. The summed E-state index contributed by atoms with van der Waals surface area (Å²) in [6, 6.07) is 0. The van der Waals surface area contributed by atoms with Gasteiger partial charge >= 0.3 is 0 Å². The lowest BCUT2D eigenvalue weighted by molar-refractivity contribution is 0.0672. The number of guanidine groups is 1. The van der Waals surface area contributed by atoms with Gasteiger partial charge in [0.25, 0.3) is 0 Å². The van der Waals surface area contributed by atoms with Gasteiger partial charge in [-0.15, -0.1) is 11.3 Å². The lowest BCUT2D eigenvalue weighted by atomic mass is 10.0. The molecule has 3 rings (SSSR count). The van der Waals surface area contributed by atoms with Crippen molar-refractivity contribution in [1.82, 2.24) is 25.4 Å². The van der Waals surface area contributed by atoms with Crippen molar-refractivity contribution >= 4 is 22.4 Å². The molecule has 1 unspecified atom stereocenters. The number of aliphatic hydroxyl groups is 1. The van der Waals surface area contributed by atoms with E-state index in [4.69, 9.17) is 4.98 Å². The number of thiazole rings is 1. The van der Waals surface area contributed by atoms with Crippen LogP contribution in [0, 0.1) is 0 Å². The average Bonchev–Trinajstić information content (AvgIpc) is 3.41. The summed E-state index contributed by atoms with van der Waals surface area (Å²) < 4.78 is 1.68. The number of nitrogens with zero attached hydrogens (tertiary/aromatic N) is 5. The molecule has 9 heteroatoms. The van der Waals surface area contributed by atoms with Gasteiger partial charge in [-0.3, -0.25) is 4.68 Å². The number of hydrogen-bond donors (Lipinski definition) is 3. The molecule has 2 aromatic heterocycles. The molecule has 1 aliphatic heterocycles. The molecule has 0 radical (unpaired) electrons. The van der Waals surface area contributed by atoms with E-state index < -0.39 is 5.60 Å². The second kappa shape index (κ2) is 9.38. The molecule has 3 N–H and O–H groups in total. The van der Waals surface area contributed by atoms with Crippen molar-refractivity contribution in [2.24, 2.45) is 12.0 Å². The first-order valence-electron chi connectivity index (χ1n) is 9.91. The molecular weight excluding hydrogens is 374 g/mol. The Labute approximate surface area is 170 Å². The molecular formula is C19H31N7OS. The number of hydrogen-bond acceptors (Lipinski definition) is 6. The molecule has 0 aromatic carbocycles. The summed E-state index contributed by atoms with van der Waals surface area (Å²) in [5, 5.41) is 24.7. The fourth-order valence-corrected chi connectivity index (χ4v) is 4.05. The predicted octanol–water partition coefficient (Wildman–Crippen LogP) is 1.48. The Bertz CT molecular complexity index is 777. The highest BCUT2D eigenvalue weighted by atomic mass is 32.1. The van der Waals surface area contributed by atoms with Gasteiger partial charge in [0.1, 0.15) is 5.60 Å². The molecule has 2 aromatic rings. The summed E-state index contributed by atoms with van der Waals surface area (Å²) in [4.78, 5) is 11.7. The highest BCUT2D eigenvalue weighted by Crippen LogP contribution is 2.24. The van der Waals surface area contributed by atoms with Gasteiger partial charge in [0.2, 0.25) is 0 Å². The standard InChI is InChI=1S/C19H31N7OS/c1-4-20-17(22-14-19(2,27)15-11-23-25(3)12-15)21-8-7-16-13-28-18(24-16)26-9-5-6-10-26/h11-13,27H,4-10,14H2,1-3H3,(H2,20,21,22). The molecule has 8 nitrogen and oxygen atoms in total. The van der Waals surface area contributed by atoms with E-state index in [9.17, 15) is 5.11 Å². The number of aromatic nitrogens is 3. The van der Waals surface area contributed by atoms with E-state index in [2.05, 4.69) is 31.0 Å². The summed E-state index contributed by atoms with van der Waals surface area (Å²) in [6.45, 7) is 7.79. The van der Waals surface area contributed by atoms with Crippen LogP contribution in [-0.4, -0.2) is 58.6 Å². The Morgan fingerprint density at radius 3 is 2.82 bits per heavy atom. The summed E-state index contributed by atoms with van der Waals surface area (Å²) in [5.41, 5.74) is 0.806. The number of anilines is 1. The minimum atomic E-state index is -1.06. The molecule has 0 aliphatic carbocycles. The number of nitrogens with one attached hydrogen (secondary N) is 2. The van der Waals surface area contributed by atoms with Crippen molar-refractivity contribution in [2.45, 2.75) is 38.7 Å². The zero-order valence-corrected chi connectivity index (χ0v) is 17.8. The molecule has 28 heavy (non-hydrogen) atoms. The average molecular weight is 406 g/mol. The third kappa shape index (κ3) is 5.45. The van der Waals surface area contributed by atoms with Gasteiger partial charge < -0.3 is 20.6 Å². The van der Waals surface area contributed by atoms with Crippen LogP contribution in [0.15, 0.2) is 22.8 Å². The van der Waals surface area contributed by atoms with Crippen molar-refractivity contribution in [3.8, 4) is 0 Å². The third-order valence-corrected chi connectivity index (χ3v) is 5.76. The minimum Gasteiger partial charge on any atom is -0.383 e. The van der Waals surface area contributed by atoms with Gasteiger partial charge in [0, 0.05) is 56.8 Å². The zero-order valence-electron chi connectivity index (χ0n) is 17.0. The number of aryl methyl sites for hydroxylation is 1. The summed E-state index contributed by atoms with van der Waals surface area (Å²) in [6.07, 6.45) is 6.86. The van der Waals surface area contributed by atoms with Crippen LogP contribution in [0.1, 0.15) is 37.9 Å². The van der Waals surface area contributed by atoms with Gasteiger partial charge in [-0.1, -0.05) is 0 Å². The van der Waals surface area contributed by atoms with Crippen LogP contribution in [-0.2, 0) is 19.1 Å². The SMILES string of the molecule is CCNC(=NCC(C)(O)c1cnn(C)c1)NCCc1csc(N2CCCC2)n1. The predicted molar refractivity (Wildman–Crippen MR) is 114 cm³/mol. The van der Waals surface area contributed by atoms with Gasteiger partial charge in [0.05, 0.1) is 18.4 Å². The van der Waals surface area contributed by atoms with E-state index in [-0.39, 0.29) is 6.54 Å². The van der Waals surface area contributed by atoms with Crippen LogP contribution in [0.2, 0.25) is 0 Å². The molecule has 3 heterocycles. The monoisotopic (exact) mass is 405 g/mol. The first kappa shape index (κ1) is 20.6.